The Morgan fingerprint density at radius 3 is 2.67 bits per heavy atom. The van der Waals surface area contributed by atoms with E-state index in [9.17, 15) is 0 Å². The van der Waals surface area contributed by atoms with Crippen LogP contribution in [0.3, 0.4) is 0 Å². The van der Waals surface area contributed by atoms with Gasteiger partial charge in [-0.05, 0) is 37.0 Å². The number of rotatable bonds is 2. The van der Waals surface area contributed by atoms with E-state index in [0.717, 1.165) is 45.5 Å². The lowest BCUT2D eigenvalue weighted by Crippen LogP contribution is -2.21. The third kappa shape index (κ3) is 2.97. The van der Waals surface area contributed by atoms with Gasteiger partial charge in [0, 0.05) is 15.6 Å². The van der Waals surface area contributed by atoms with E-state index in [2.05, 4.69) is 44.3 Å². The third-order valence-electron chi connectivity index (χ3n) is 3.61. The van der Waals surface area contributed by atoms with Gasteiger partial charge >= 0.3 is 0 Å². The molecule has 1 aromatic carbocycles. The van der Waals surface area contributed by atoms with Crippen molar-refractivity contribution in [2.75, 3.05) is 7.11 Å². The Morgan fingerprint density at radius 1 is 1.19 bits per heavy atom. The Balaban J connectivity index is 2.05. The van der Waals surface area contributed by atoms with Crippen LogP contribution in [0.1, 0.15) is 24.6 Å². The number of nitrogens with zero attached hydrogens (tertiary/aromatic N) is 3. The van der Waals surface area contributed by atoms with Crippen molar-refractivity contribution in [1.82, 2.24) is 10.2 Å². The highest BCUT2D eigenvalue weighted by Crippen LogP contribution is 2.27. The van der Waals surface area contributed by atoms with Gasteiger partial charge in [-0.2, -0.15) is 10.2 Å². The van der Waals surface area contributed by atoms with Gasteiger partial charge in [0.2, 0.25) is 0 Å². The zero-order valence-corrected chi connectivity index (χ0v) is 13.6. The van der Waals surface area contributed by atoms with Crippen molar-refractivity contribution in [3.8, 4) is 11.3 Å². The van der Waals surface area contributed by atoms with Crippen molar-refractivity contribution in [2.45, 2.75) is 19.8 Å². The summed E-state index contributed by atoms with van der Waals surface area (Å²) in [5, 5.41) is 12.9. The van der Waals surface area contributed by atoms with Gasteiger partial charge < -0.3 is 4.84 Å². The van der Waals surface area contributed by atoms with E-state index < -0.39 is 0 Å². The number of hydrogen-bond donors (Lipinski definition) is 0. The Kier molecular flexibility index (Phi) is 4.01. The van der Waals surface area contributed by atoms with Crippen LogP contribution in [0.25, 0.3) is 11.3 Å². The van der Waals surface area contributed by atoms with Gasteiger partial charge in [0.15, 0.2) is 0 Å². The lowest BCUT2D eigenvalue weighted by molar-refractivity contribution is 0.212. The van der Waals surface area contributed by atoms with E-state index >= 15 is 0 Å². The zero-order valence-electron chi connectivity index (χ0n) is 12.0. The molecule has 0 saturated heterocycles. The highest BCUT2D eigenvalue weighted by atomic mass is 79.9. The summed E-state index contributed by atoms with van der Waals surface area (Å²) in [5.74, 6) is 0.513. The summed E-state index contributed by atoms with van der Waals surface area (Å²) in [6.07, 6.45) is 1.85. The number of halogens is 1. The summed E-state index contributed by atoms with van der Waals surface area (Å²) in [4.78, 5) is 4.98. The molecule has 0 unspecified atom stereocenters. The molecule has 0 N–H and O–H groups in total. The minimum absolute atomic E-state index is 0.513. The molecule has 1 aliphatic carbocycles. The molecule has 0 spiro atoms. The topological polar surface area (TPSA) is 47.4 Å². The molecule has 21 heavy (non-hydrogen) atoms. The van der Waals surface area contributed by atoms with Crippen LogP contribution in [0.15, 0.2) is 40.0 Å². The van der Waals surface area contributed by atoms with E-state index in [0.29, 0.717) is 5.92 Å². The maximum Gasteiger partial charge on any atom is 0.106 e. The Morgan fingerprint density at radius 2 is 1.95 bits per heavy atom. The second-order valence-corrected chi connectivity index (χ2v) is 6.25. The molecule has 1 aromatic heterocycles. The maximum atomic E-state index is 4.98. The average Bonchev–Trinajstić information content (AvgIpc) is 2.48. The maximum absolute atomic E-state index is 4.98. The lowest BCUT2D eigenvalue weighted by Gasteiger charge is -2.21. The van der Waals surface area contributed by atoms with Crippen molar-refractivity contribution >= 4 is 21.6 Å². The van der Waals surface area contributed by atoms with E-state index in [1.165, 1.54) is 0 Å². The SMILES string of the molecule is CO/N=C1/C[C@H](C)Cc2nnc(-c3ccc(Br)cc3)cc21. The summed E-state index contributed by atoms with van der Waals surface area (Å²) < 4.78 is 1.05. The predicted molar refractivity (Wildman–Crippen MR) is 86.2 cm³/mol. The molecule has 0 fully saturated rings. The summed E-state index contributed by atoms with van der Waals surface area (Å²) in [6.45, 7) is 2.19. The van der Waals surface area contributed by atoms with E-state index in [1.54, 1.807) is 7.11 Å². The van der Waals surface area contributed by atoms with Crippen LogP contribution in [0, 0.1) is 5.92 Å². The third-order valence-corrected chi connectivity index (χ3v) is 4.14. The van der Waals surface area contributed by atoms with Crippen LogP contribution >= 0.6 is 15.9 Å². The molecule has 0 saturated carbocycles. The summed E-state index contributed by atoms with van der Waals surface area (Å²) in [7, 11) is 1.58. The number of fused-ring (bicyclic) bond motifs is 1. The molecule has 1 aliphatic rings. The number of hydrogen-bond acceptors (Lipinski definition) is 4. The van der Waals surface area contributed by atoms with Gasteiger partial charge in [0.25, 0.3) is 0 Å². The standard InChI is InChI=1S/C16H16BrN3O/c1-10-7-15-13(16(8-10)20-21-2)9-14(18-19-15)11-3-5-12(17)6-4-11/h3-6,9-10H,7-8H2,1-2H3/b20-16-/t10-/m1/s1. The molecule has 4 nitrogen and oxygen atoms in total. The molecule has 1 atom stereocenters. The van der Waals surface area contributed by atoms with Gasteiger partial charge in [-0.3, -0.25) is 0 Å². The molecule has 3 rings (SSSR count). The van der Waals surface area contributed by atoms with Crippen molar-refractivity contribution in [3.05, 3.63) is 46.1 Å². The monoisotopic (exact) mass is 345 g/mol. The summed E-state index contributed by atoms with van der Waals surface area (Å²) in [6, 6.07) is 10.1. The normalized spacial score (nSPS) is 19.4. The first-order valence-electron chi connectivity index (χ1n) is 6.90. The van der Waals surface area contributed by atoms with Gasteiger partial charge in [-0.1, -0.05) is 40.1 Å². The molecule has 108 valence electrons. The van der Waals surface area contributed by atoms with E-state index in [4.69, 9.17) is 4.84 Å². The zero-order chi connectivity index (χ0) is 14.8. The van der Waals surface area contributed by atoms with Crippen LogP contribution in [0.5, 0.6) is 0 Å². The number of oxime groups is 1. The first kappa shape index (κ1) is 14.2. The molecule has 0 aliphatic heterocycles. The Hall–Kier alpha value is -1.75. The van der Waals surface area contributed by atoms with Crippen LogP contribution < -0.4 is 0 Å². The molecule has 5 heteroatoms. The van der Waals surface area contributed by atoms with Gasteiger partial charge in [-0.25, -0.2) is 0 Å². The highest BCUT2D eigenvalue weighted by Gasteiger charge is 2.23. The van der Waals surface area contributed by atoms with Crippen molar-refractivity contribution in [3.63, 3.8) is 0 Å². The van der Waals surface area contributed by atoms with Crippen molar-refractivity contribution in [2.24, 2.45) is 11.1 Å². The predicted octanol–water partition coefficient (Wildman–Crippen LogP) is 3.84. The van der Waals surface area contributed by atoms with Gasteiger partial charge in [0.1, 0.15) is 7.11 Å². The van der Waals surface area contributed by atoms with Crippen molar-refractivity contribution in [1.29, 1.82) is 0 Å². The number of benzene rings is 1. The largest absolute Gasteiger partial charge is 0.399 e. The fourth-order valence-electron chi connectivity index (χ4n) is 2.62. The first-order valence-corrected chi connectivity index (χ1v) is 7.69. The lowest BCUT2D eigenvalue weighted by atomic mass is 9.86. The quantitative estimate of drug-likeness (QED) is 0.777. The smallest absolute Gasteiger partial charge is 0.106 e. The molecular weight excluding hydrogens is 330 g/mol. The second kappa shape index (κ2) is 5.93. The average molecular weight is 346 g/mol. The molecule has 2 aromatic rings. The van der Waals surface area contributed by atoms with E-state index in [-0.39, 0.29) is 0 Å². The second-order valence-electron chi connectivity index (χ2n) is 5.33. The van der Waals surface area contributed by atoms with Crippen LogP contribution in [-0.4, -0.2) is 23.0 Å². The van der Waals surface area contributed by atoms with Crippen LogP contribution in [0.2, 0.25) is 0 Å². The van der Waals surface area contributed by atoms with Crippen molar-refractivity contribution < 1.29 is 4.84 Å². The fourth-order valence-corrected chi connectivity index (χ4v) is 2.88. The van der Waals surface area contributed by atoms with E-state index in [1.807, 2.05) is 24.3 Å². The molecule has 0 bridgehead atoms. The Labute approximate surface area is 132 Å². The molecule has 0 amide bonds. The minimum Gasteiger partial charge on any atom is -0.399 e. The minimum atomic E-state index is 0.513. The molecule has 0 radical (unpaired) electrons. The van der Waals surface area contributed by atoms with Crippen LogP contribution in [-0.2, 0) is 11.3 Å². The molecule has 1 heterocycles. The highest BCUT2D eigenvalue weighted by molar-refractivity contribution is 9.10. The fraction of sp³-hybridized carbons (Fsp3) is 0.312. The van der Waals surface area contributed by atoms with Gasteiger partial charge in [-0.15, -0.1) is 0 Å². The summed E-state index contributed by atoms with van der Waals surface area (Å²) >= 11 is 3.44. The van der Waals surface area contributed by atoms with Crippen LogP contribution in [0.4, 0.5) is 0 Å². The van der Waals surface area contributed by atoms with Gasteiger partial charge in [0.05, 0.1) is 17.1 Å². The Bertz CT molecular complexity index is 682. The number of aromatic nitrogens is 2. The first-order chi connectivity index (χ1) is 10.2. The molecular formula is C16H16BrN3O. The summed E-state index contributed by atoms with van der Waals surface area (Å²) in [5.41, 5.74) is 4.93.